The molecule has 0 saturated carbocycles. The Bertz CT molecular complexity index is 961. The molecule has 0 fully saturated rings. The van der Waals surface area contributed by atoms with Gasteiger partial charge in [-0.3, -0.25) is 4.79 Å². The Labute approximate surface area is 167 Å². The minimum absolute atomic E-state index is 0.0968. The molecule has 3 rings (SSSR count). The van der Waals surface area contributed by atoms with Gasteiger partial charge in [-0.25, -0.2) is 4.39 Å². The normalized spacial score (nSPS) is 10.7. The highest BCUT2D eigenvalue weighted by molar-refractivity contribution is 7.99. The number of aromatic nitrogens is 3. The number of benzene rings is 2. The molecule has 0 aliphatic heterocycles. The Morgan fingerprint density at radius 3 is 2.64 bits per heavy atom. The number of ether oxygens (including phenoxy) is 1. The number of para-hydroxylation sites is 2. The maximum Gasteiger partial charge on any atom is 0.234 e. The Balaban J connectivity index is 1.74. The zero-order valence-electron chi connectivity index (χ0n) is 15.7. The summed E-state index contributed by atoms with van der Waals surface area (Å²) in [4.78, 5) is 12.2. The number of hydrogen-bond donors (Lipinski definition) is 1. The van der Waals surface area contributed by atoms with Gasteiger partial charge in [0.1, 0.15) is 11.6 Å². The van der Waals surface area contributed by atoms with Crippen LogP contribution < -0.4 is 10.1 Å². The lowest BCUT2D eigenvalue weighted by molar-refractivity contribution is -0.113. The molecule has 8 heteroatoms. The Hall–Kier alpha value is -2.87. The average Bonchev–Trinajstić information content (AvgIpc) is 3.11. The van der Waals surface area contributed by atoms with Gasteiger partial charge in [0, 0.05) is 6.54 Å². The standard InChI is InChI=1S/C20H21FN4O2S/c1-3-25-19(14-9-5-8-12-17(14)27-4-2)23-24-20(25)28-13-18(26)22-16-11-7-6-10-15(16)21/h5-12H,3-4,13H2,1-2H3,(H,22,26). The van der Waals surface area contributed by atoms with Crippen molar-refractivity contribution in [2.75, 3.05) is 17.7 Å². The highest BCUT2D eigenvalue weighted by atomic mass is 32.2. The average molecular weight is 400 g/mol. The minimum atomic E-state index is -0.465. The molecule has 146 valence electrons. The molecule has 0 radical (unpaired) electrons. The van der Waals surface area contributed by atoms with Crippen LogP contribution in [0, 0.1) is 5.82 Å². The first-order chi connectivity index (χ1) is 13.6. The molecule has 1 aromatic heterocycles. The van der Waals surface area contributed by atoms with Gasteiger partial charge < -0.3 is 14.6 Å². The summed E-state index contributed by atoms with van der Waals surface area (Å²) in [5, 5.41) is 11.7. The number of carbonyl (C=O) groups is 1. The summed E-state index contributed by atoms with van der Waals surface area (Å²) >= 11 is 1.25. The third kappa shape index (κ3) is 4.51. The molecular formula is C20H21FN4O2S. The predicted octanol–water partition coefficient (Wildman–Crippen LogP) is 4.23. The van der Waals surface area contributed by atoms with Crippen molar-refractivity contribution < 1.29 is 13.9 Å². The van der Waals surface area contributed by atoms with Crippen molar-refractivity contribution in [2.45, 2.75) is 25.5 Å². The van der Waals surface area contributed by atoms with Crippen LogP contribution in [0.2, 0.25) is 0 Å². The molecule has 1 N–H and O–H groups in total. The number of nitrogens with zero attached hydrogens (tertiary/aromatic N) is 3. The smallest absolute Gasteiger partial charge is 0.234 e. The maximum atomic E-state index is 13.7. The summed E-state index contributed by atoms with van der Waals surface area (Å²) in [6.07, 6.45) is 0. The summed E-state index contributed by atoms with van der Waals surface area (Å²) in [7, 11) is 0. The molecule has 0 bridgehead atoms. The van der Waals surface area contributed by atoms with Gasteiger partial charge in [-0.2, -0.15) is 0 Å². The van der Waals surface area contributed by atoms with E-state index in [0.29, 0.717) is 24.1 Å². The van der Waals surface area contributed by atoms with Crippen molar-refractivity contribution >= 4 is 23.4 Å². The second-order valence-corrected chi connectivity index (χ2v) is 6.74. The second-order valence-electron chi connectivity index (χ2n) is 5.80. The topological polar surface area (TPSA) is 69.0 Å². The van der Waals surface area contributed by atoms with Crippen molar-refractivity contribution in [1.29, 1.82) is 0 Å². The van der Waals surface area contributed by atoms with Crippen molar-refractivity contribution in [3.05, 3.63) is 54.3 Å². The summed E-state index contributed by atoms with van der Waals surface area (Å²) in [5.41, 5.74) is 1.01. The second kappa shape index (κ2) is 9.36. The molecule has 0 unspecified atom stereocenters. The quantitative estimate of drug-likeness (QED) is 0.573. The zero-order valence-corrected chi connectivity index (χ0v) is 16.5. The van der Waals surface area contributed by atoms with Crippen LogP contribution in [0.15, 0.2) is 53.7 Å². The first-order valence-electron chi connectivity index (χ1n) is 8.96. The van der Waals surface area contributed by atoms with Gasteiger partial charge >= 0.3 is 0 Å². The highest BCUT2D eigenvalue weighted by Crippen LogP contribution is 2.31. The summed E-state index contributed by atoms with van der Waals surface area (Å²) < 4.78 is 21.3. The van der Waals surface area contributed by atoms with Crippen LogP contribution in [-0.4, -0.2) is 33.0 Å². The van der Waals surface area contributed by atoms with E-state index in [4.69, 9.17) is 4.74 Å². The molecule has 1 heterocycles. The highest BCUT2D eigenvalue weighted by Gasteiger charge is 2.17. The van der Waals surface area contributed by atoms with Crippen molar-refractivity contribution in [3.8, 4) is 17.1 Å². The van der Waals surface area contributed by atoms with E-state index < -0.39 is 5.82 Å². The van der Waals surface area contributed by atoms with Crippen molar-refractivity contribution in [1.82, 2.24) is 14.8 Å². The number of carbonyl (C=O) groups excluding carboxylic acids is 1. The van der Waals surface area contributed by atoms with Crippen LogP contribution in [-0.2, 0) is 11.3 Å². The van der Waals surface area contributed by atoms with Gasteiger partial charge in [-0.15, -0.1) is 10.2 Å². The predicted molar refractivity (Wildman–Crippen MR) is 108 cm³/mol. The monoisotopic (exact) mass is 400 g/mol. The Morgan fingerprint density at radius 2 is 1.89 bits per heavy atom. The molecule has 0 spiro atoms. The molecule has 0 aliphatic carbocycles. The first kappa shape index (κ1) is 19.9. The zero-order chi connectivity index (χ0) is 19.9. The van der Waals surface area contributed by atoms with Crippen LogP contribution in [0.3, 0.4) is 0 Å². The molecular weight excluding hydrogens is 379 g/mol. The molecule has 0 aliphatic rings. The molecule has 1 amide bonds. The Kier molecular flexibility index (Phi) is 6.65. The van der Waals surface area contributed by atoms with E-state index in [2.05, 4.69) is 15.5 Å². The van der Waals surface area contributed by atoms with E-state index in [9.17, 15) is 9.18 Å². The fraction of sp³-hybridized carbons (Fsp3) is 0.250. The SMILES string of the molecule is CCOc1ccccc1-c1nnc(SCC(=O)Nc2ccccc2F)n1CC. The molecule has 2 aromatic carbocycles. The van der Waals surface area contributed by atoms with Crippen LogP contribution >= 0.6 is 11.8 Å². The van der Waals surface area contributed by atoms with Crippen LogP contribution in [0.5, 0.6) is 5.75 Å². The van der Waals surface area contributed by atoms with E-state index in [1.165, 1.54) is 23.9 Å². The minimum Gasteiger partial charge on any atom is -0.493 e. The van der Waals surface area contributed by atoms with Gasteiger partial charge in [0.2, 0.25) is 5.91 Å². The maximum absolute atomic E-state index is 13.7. The van der Waals surface area contributed by atoms with E-state index in [0.717, 1.165) is 11.3 Å². The molecule has 3 aromatic rings. The summed E-state index contributed by atoms with van der Waals surface area (Å²) in [5.74, 6) is 0.744. The lowest BCUT2D eigenvalue weighted by atomic mass is 10.2. The fourth-order valence-electron chi connectivity index (χ4n) is 2.69. The molecule has 0 saturated heterocycles. The largest absolute Gasteiger partial charge is 0.493 e. The third-order valence-corrected chi connectivity index (χ3v) is 4.91. The van der Waals surface area contributed by atoms with Gasteiger partial charge in [0.15, 0.2) is 11.0 Å². The number of amides is 1. The molecule has 6 nitrogen and oxygen atoms in total. The van der Waals surface area contributed by atoms with E-state index in [1.807, 2.05) is 42.7 Å². The third-order valence-electron chi connectivity index (χ3n) is 3.94. The lowest BCUT2D eigenvalue weighted by Crippen LogP contribution is -2.15. The van der Waals surface area contributed by atoms with E-state index in [-0.39, 0.29) is 17.3 Å². The fourth-order valence-corrected chi connectivity index (χ4v) is 3.49. The number of rotatable bonds is 8. The van der Waals surface area contributed by atoms with E-state index >= 15 is 0 Å². The van der Waals surface area contributed by atoms with Crippen LogP contribution in [0.1, 0.15) is 13.8 Å². The van der Waals surface area contributed by atoms with Gasteiger partial charge in [-0.05, 0) is 38.1 Å². The number of thioether (sulfide) groups is 1. The van der Waals surface area contributed by atoms with Gasteiger partial charge in [0.25, 0.3) is 0 Å². The lowest BCUT2D eigenvalue weighted by Gasteiger charge is -2.11. The molecule has 28 heavy (non-hydrogen) atoms. The number of nitrogens with one attached hydrogen (secondary N) is 1. The first-order valence-corrected chi connectivity index (χ1v) is 9.95. The summed E-state index contributed by atoms with van der Waals surface area (Å²) in [6, 6.07) is 13.7. The van der Waals surface area contributed by atoms with Crippen molar-refractivity contribution in [2.24, 2.45) is 0 Å². The van der Waals surface area contributed by atoms with Crippen molar-refractivity contribution in [3.63, 3.8) is 0 Å². The Morgan fingerprint density at radius 1 is 1.14 bits per heavy atom. The van der Waals surface area contributed by atoms with Gasteiger partial charge in [0.05, 0.1) is 23.6 Å². The number of anilines is 1. The summed E-state index contributed by atoms with van der Waals surface area (Å²) in [6.45, 7) is 5.10. The van der Waals surface area contributed by atoms with Gasteiger partial charge in [-0.1, -0.05) is 36.0 Å². The van der Waals surface area contributed by atoms with Crippen LogP contribution in [0.4, 0.5) is 10.1 Å². The van der Waals surface area contributed by atoms with E-state index in [1.54, 1.807) is 12.1 Å². The number of hydrogen-bond acceptors (Lipinski definition) is 5. The van der Waals surface area contributed by atoms with Crippen LogP contribution in [0.25, 0.3) is 11.4 Å². The molecule has 0 atom stereocenters. The number of halogens is 1.